The second-order valence-corrected chi connectivity index (χ2v) is 6.75. The normalized spacial score (nSPS) is 15.9. The molecule has 0 saturated carbocycles. The average Bonchev–Trinajstić information content (AvgIpc) is 2.72. The minimum Gasteiger partial charge on any atom is -0.468 e. The lowest BCUT2D eigenvalue weighted by Crippen LogP contribution is -2.54. The van der Waals surface area contributed by atoms with Gasteiger partial charge in [0.2, 0.25) is 5.16 Å². The molecule has 0 radical (unpaired) electrons. The van der Waals surface area contributed by atoms with Crippen LogP contribution in [0.4, 0.5) is 0 Å². The first-order chi connectivity index (χ1) is 9.28. The summed E-state index contributed by atoms with van der Waals surface area (Å²) in [6, 6.07) is 0.188. The van der Waals surface area contributed by atoms with E-state index in [1.54, 1.807) is 11.7 Å². The molecule has 0 saturated heterocycles. The summed E-state index contributed by atoms with van der Waals surface area (Å²) >= 11 is 1.54. The lowest BCUT2D eigenvalue weighted by atomic mass is 9.95. The van der Waals surface area contributed by atoms with E-state index in [1.165, 1.54) is 18.9 Å². The molecule has 0 amide bonds. The Morgan fingerprint density at radius 1 is 1.50 bits per heavy atom. The van der Waals surface area contributed by atoms with Gasteiger partial charge >= 0.3 is 5.97 Å². The van der Waals surface area contributed by atoms with Gasteiger partial charge in [0.15, 0.2) is 0 Å². The minimum absolute atomic E-state index is 0.162. The highest BCUT2D eigenvalue weighted by molar-refractivity contribution is 7.99. The van der Waals surface area contributed by atoms with E-state index in [1.807, 2.05) is 27.7 Å². The van der Waals surface area contributed by atoms with Crippen LogP contribution in [0.15, 0.2) is 5.16 Å². The maximum atomic E-state index is 12.0. The maximum absolute atomic E-state index is 12.0. The highest BCUT2D eigenvalue weighted by Crippen LogP contribution is 2.27. The number of hydrogen-bond donors (Lipinski definition) is 1. The number of hydrogen-bond acceptors (Lipinski definition) is 7. The molecular weight excluding hydrogens is 278 g/mol. The second kappa shape index (κ2) is 7.03. The molecule has 0 fully saturated rings. The Bertz CT molecular complexity index is 451. The van der Waals surface area contributed by atoms with Gasteiger partial charge in [-0.05, 0) is 37.6 Å². The topological polar surface area (TPSA) is 81.9 Å². The number of tetrazole rings is 1. The van der Waals surface area contributed by atoms with Crippen molar-refractivity contribution in [2.45, 2.75) is 56.1 Å². The van der Waals surface area contributed by atoms with Crippen molar-refractivity contribution in [3.63, 3.8) is 0 Å². The summed E-state index contributed by atoms with van der Waals surface area (Å²) in [5.41, 5.74) is -0.721. The number of esters is 1. The third kappa shape index (κ3) is 4.45. The molecule has 20 heavy (non-hydrogen) atoms. The van der Waals surface area contributed by atoms with Crippen molar-refractivity contribution in [3.05, 3.63) is 0 Å². The molecule has 1 heterocycles. The Labute approximate surface area is 123 Å². The predicted molar refractivity (Wildman–Crippen MR) is 77.4 cm³/mol. The second-order valence-electron chi connectivity index (χ2n) is 5.34. The molecule has 0 aromatic carbocycles. The summed E-state index contributed by atoms with van der Waals surface area (Å²) in [5.74, 6) is -0.255. The standard InChI is InChI=1S/C12H23N5O2S/c1-8(2)13-12(4,10(18)19-6)7-9(3)20-11-14-15-16-17(11)5/h8-9,13H,7H2,1-6H3. The van der Waals surface area contributed by atoms with Crippen LogP contribution in [0.5, 0.6) is 0 Å². The quantitative estimate of drug-likeness (QED) is 0.594. The lowest BCUT2D eigenvalue weighted by Gasteiger charge is -2.32. The fourth-order valence-electron chi connectivity index (χ4n) is 2.18. The zero-order valence-corrected chi connectivity index (χ0v) is 13.7. The molecule has 1 aromatic rings. The molecular formula is C12H23N5O2S. The zero-order valence-electron chi connectivity index (χ0n) is 12.9. The highest BCUT2D eigenvalue weighted by Gasteiger charge is 2.36. The molecule has 0 bridgehead atoms. The molecule has 0 spiro atoms. The number of methoxy groups -OCH3 is 1. The molecule has 1 rings (SSSR count). The van der Waals surface area contributed by atoms with Crippen LogP contribution in [0.3, 0.4) is 0 Å². The first-order valence-corrected chi connectivity index (χ1v) is 7.41. The number of aromatic nitrogens is 4. The highest BCUT2D eigenvalue weighted by atomic mass is 32.2. The number of carbonyl (C=O) groups is 1. The van der Waals surface area contributed by atoms with E-state index in [2.05, 4.69) is 20.8 Å². The van der Waals surface area contributed by atoms with Gasteiger partial charge in [-0.1, -0.05) is 18.7 Å². The fraction of sp³-hybridized carbons (Fsp3) is 0.833. The van der Waals surface area contributed by atoms with Crippen LogP contribution in [0, 0.1) is 0 Å². The molecule has 1 N–H and O–H groups in total. The van der Waals surface area contributed by atoms with Gasteiger partial charge in [0, 0.05) is 18.3 Å². The molecule has 7 nitrogen and oxygen atoms in total. The SMILES string of the molecule is COC(=O)C(C)(CC(C)Sc1nnnn1C)NC(C)C. The number of rotatable bonds is 7. The van der Waals surface area contributed by atoms with E-state index < -0.39 is 5.54 Å². The van der Waals surface area contributed by atoms with E-state index in [9.17, 15) is 4.79 Å². The van der Waals surface area contributed by atoms with Crippen molar-refractivity contribution in [1.82, 2.24) is 25.5 Å². The number of carbonyl (C=O) groups excluding carboxylic acids is 1. The van der Waals surface area contributed by atoms with Gasteiger partial charge in [0.25, 0.3) is 0 Å². The first kappa shape index (κ1) is 16.9. The molecule has 0 aliphatic rings. The first-order valence-electron chi connectivity index (χ1n) is 6.53. The van der Waals surface area contributed by atoms with Gasteiger partial charge in [-0.2, -0.15) is 0 Å². The van der Waals surface area contributed by atoms with Crippen molar-refractivity contribution >= 4 is 17.7 Å². The lowest BCUT2D eigenvalue weighted by molar-refractivity contribution is -0.148. The molecule has 0 aliphatic carbocycles. The van der Waals surface area contributed by atoms with Crippen LogP contribution in [-0.4, -0.2) is 50.1 Å². The van der Waals surface area contributed by atoms with E-state index in [-0.39, 0.29) is 17.3 Å². The average molecular weight is 301 g/mol. The Hall–Kier alpha value is -1.15. The van der Waals surface area contributed by atoms with Crippen LogP contribution in [0.2, 0.25) is 0 Å². The third-order valence-corrected chi connectivity index (χ3v) is 3.95. The Balaban J connectivity index is 2.74. The van der Waals surface area contributed by atoms with E-state index in [0.717, 1.165) is 5.16 Å². The molecule has 114 valence electrons. The Kier molecular flexibility index (Phi) is 5.94. The van der Waals surface area contributed by atoms with Crippen molar-refractivity contribution in [3.8, 4) is 0 Å². The fourth-order valence-corrected chi connectivity index (χ4v) is 3.23. The van der Waals surface area contributed by atoms with Crippen LogP contribution < -0.4 is 5.32 Å². The van der Waals surface area contributed by atoms with E-state index in [4.69, 9.17) is 4.74 Å². The van der Waals surface area contributed by atoms with Crippen LogP contribution in [0.25, 0.3) is 0 Å². The van der Waals surface area contributed by atoms with Gasteiger partial charge in [-0.15, -0.1) is 5.10 Å². The van der Waals surface area contributed by atoms with Crippen molar-refractivity contribution < 1.29 is 9.53 Å². The number of thioether (sulfide) groups is 1. The molecule has 2 unspecified atom stereocenters. The van der Waals surface area contributed by atoms with Gasteiger partial charge in [-0.25, -0.2) is 4.68 Å². The summed E-state index contributed by atoms with van der Waals surface area (Å²) in [6.07, 6.45) is 0.620. The van der Waals surface area contributed by atoms with Gasteiger partial charge in [0.05, 0.1) is 7.11 Å². The monoisotopic (exact) mass is 301 g/mol. The third-order valence-electron chi connectivity index (χ3n) is 2.83. The Morgan fingerprint density at radius 3 is 2.60 bits per heavy atom. The van der Waals surface area contributed by atoms with E-state index >= 15 is 0 Å². The summed E-state index contributed by atoms with van der Waals surface area (Å²) in [7, 11) is 3.20. The number of aryl methyl sites for hydroxylation is 1. The van der Waals surface area contributed by atoms with E-state index in [0.29, 0.717) is 6.42 Å². The molecule has 1 aromatic heterocycles. The van der Waals surface area contributed by atoms with Crippen LogP contribution >= 0.6 is 11.8 Å². The van der Waals surface area contributed by atoms with Crippen molar-refractivity contribution in [2.75, 3.05) is 7.11 Å². The van der Waals surface area contributed by atoms with Crippen LogP contribution in [0.1, 0.15) is 34.1 Å². The molecule has 8 heteroatoms. The predicted octanol–water partition coefficient (Wildman–Crippen LogP) is 1.01. The molecule has 0 aliphatic heterocycles. The zero-order chi connectivity index (χ0) is 15.3. The maximum Gasteiger partial charge on any atom is 0.325 e. The summed E-state index contributed by atoms with van der Waals surface area (Å²) in [6.45, 7) is 7.92. The largest absolute Gasteiger partial charge is 0.468 e. The van der Waals surface area contributed by atoms with Crippen LogP contribution in [-0.2, 0) is 16.6 Å². The smallest absolute Gasteiger partial charge is 0.325 e. The van der Waals surface area contributed by atoms with Gasteiger partial charge in [-0.3, -0.25) is 10.1 Å². The van der Waals surface area contributed by atoms with Gasteiger partial charge in [0.1, 0.15) is 5.54 Å². The summed E-state index contributed by atoms with van der Waals surface area (Å²) < 4.78 is 6.54. The van der Waals surface area contributed by atoms with Crippen molar-refractivity contribution in [1.29, 1.82) is 0 Å². The van der Waals surface area contributed by atoms with Gasteiger partial charge < -0.3 is 4.74 Å². The number of nitrogens with zero attached hydrogens (tertiary/aromatic N) is 4. The summed E-state index contributed by atoms with van der Waals surface area (Å²) in [4.78, 5) is 12.0. The van der Waals surface area contributed by atoms with Crippen molar-refractivity contribution in [2.24, 2.45) is 7.05 Å². The number of ether oxygens (including phenoxy) is 1. The summed E-state index contributed by atoms with van der Waals surface area (Å²) in [5, 5.41) is 15.5. The minimum atomic E-state index is -0.721. The number of nitrogens with one attached hydrogen (secondary N) is 1. The molecule has 2 atom stereocenters. The Morgan fingerprint density at radius 2 is 2.15 bits per heavy atom.